The molecule has 0 radical (unpaired) electrons. The molecule has 0 fully saturated rings. The quantitative estimate of drug-likeness (QED) is 0.705. The van der Waals surface area contributed by atoms with Crippen LogP contribution < -0.4 is 5.32 Å². The molecular formula is C20H22N4O2. The van der Waals surface area contributed by atoms with Gasteiger partial charge in [0.2, 0.25) is 17.6 Å². The summed E-state index contributed by atoms with van der Waals surface area (Å²) in [5, 5.41) is 6.96. The van der Waals surface area contributed by atoms with Gasteiger partial charge in [-0.3, -0.25) is 9.78 Å². The molecule has 2 aromatic heterocycles. The summed E-state index contributed by atoms with van der Waals surface area (Å²) < 4.78 is 5.27. The van der Waals surface area contributed by atoms with Gasteiger partial charge in [-0.25, -0.2) is 0 Å². The first-order valence-corrected chi connectivity index (χ1v) is 8.77. The van der Waals surface area contributed by atoms with Crippen molar-refractivity contribution >= 4 is 5.91 Å². The highest BCUT2D eigenvalue weighted by Gasteiger charge is 2.13. The van der Waals surface area contributed by atoms with Crippen LogP contribution in [0.3, 0.4) is 0 Å². The van der Waals surface area contributed by atoms with E-state index < -0.39 is 0 Å². The van der Waals surface area contributed by atoms with Crippen molar-refractivity contribution in [2.45, 2.75) is 39.2 Å². The highest BCUT2D eigenvalue weighted by molar-refractivity contribution is 5.76. The summed E-state index contributed by atoms with van der Waals surface area (Å²) in [5.41, 5.74) is 3.19. The van der Waals surface area contributed by atoms with Crippen molar-refractivity contribution in [3.05, 3.63) is 65.8 Å². The first-order chi connectivity index (χ1) is 12.7. The fraction of sp³-hybridized carbons (Fsp3) is 0.300. The highest BCUT2D eigenvalue weighted by Crippen LogP contribution is 2.17. The van der Waals surface area contributed by atoms with E-state index in [1.807, 2.05) is 31.2 Å². The summed E-state index contributed by atoms with van der Waals surface area (Å²) in [6, 6.07) is 11.8. The first kappa shape index (κ1) is 17.8. The van der Waals surface area contributed by atoms with E-state index in [9.17, 15) is 4.79 Å². The molecule has 1 aromatic carbocycles. The molecule has 6 heteroatoms. The van der Waals surface area contributed by atoms with E-state index in [1.165, 1.54) is 5.56 Å². The number of aromatic nitrogens is 3. The molecule has 134 valence electrons. The summed E-state index contributed by atoms with van der Waals surface area (Å²) in [5.74, 6) is 0.959. The topological polar surface area (TPSA) is 80.9 Å². The Bertz CT molecular complexity index is 844. The lowest BCUT2D eigenvalue weighted by Crippen LogP contribution is -2.26. The number of benzene rings is 1. The zero-order valence-corrected chi connectivity index (χ0v) is 15.0. The van der Waals surface area contributed by atoms with Gasteiger partial charge in [-0.1, -0.05) is 36.3 Å². The number of carbonyl (C=O) groups excluding carboxylic acids is 1. The van der Waals surface area contributed by atoms with Crippen molar-refractivity contribution in [1.29, 1.82) is 0 Å². The lowest BCUT2D eigenvalue weighted by atomic mass is 10.1. The third-order valence-corrected chi connectivity index (χ3v) is 4.24. The lowest BCUT2D eigenvalue weighted by molar-refractivity contribution is -0.121. The first-order valence-electron chi connectivity index (χ1n) is 8.77. The third kappa shape index (κ3) is 4.53. The van der Waals surface area contributed by atoms with E-state index >= 15 is 0 Å². The van der Waals surface area contributed by atoms with E-state index in [1.54, 1.807) is 12.4 Å². The van der Waals surface area contributed by atoms with Crippen LogP contribution >= 0.6 is 0 Å². The smallest absolute Gasteiger partial charge is 0.227 e. The second kappa shape index (κ2) is 8.38. The molecule has 2 heterocycles. The summed E-state index contributed by atoms with van der Waals surface area (Å²) in [7, 11) is 0. The zero-order chi connectivity index (χ0) is 18.4. The van der Waals surface area contributed by atoms with Crippen LogP contribution in [0.2, 0.25) is 0 Å². The van der Waals surface area contributed by atoms with E-state index in [0.29, 0.717) is 24.6 Å². The summed E-state index contributed by atoms with van der Waals surface area (Å²) in [6.45, 7) is 4.06. The minimum atomic E-state index is -0.0687. The Balaban J connectivity index is 1.53. The minimum absolute atomic E-state index is 0.0543. The van der Waals surface area contributed by atoms with Gasteiger partial charge < -0.3 is 9.84 Å². The number of nitrogens with one attached hydrogen (secondary N) is 1. The number of amides is 1. The Morgan fingerprint density at radius 3 is 2.58 bits per heavy atom. The van der Waals surface area contributed by atoms with Gasteiger partial charge >= 0.3 is 0 Å². The molecule has 1 atom stereocenters. The molecule has 0 unspecified atom stereocenters. The summed E-state index contributed by atoms with van der Waals surface area (Å²) >= 11 is 0. The fourth-order valence-electron chi connectivity index (χ4n) is 2.63. The molecule has 0 saturated carbocycles. The predicted octanol–water partition coefficient (Wildman–Crippen LogP) is 3.50. The second-order valence-electron chi connectivity index (χ2n) is 6.13. The second-order valence-corrected chi connectivity index (χ2v) is 6.13. The maximum Gasteiger partial charge on any atom is 0.227 e. The van der Waals surface area contributed by atoms with Crippen molar-refractivity contribution in [3.63, 3.8) is 0 Å². The molecule has 3 aromatic rings. The average molecular weight is 350 g/mol. The van der Waals surface area contributed by atoms with Crippen LogP contribution in [0.15, 0.2) is 53.3 Å². The van der Waals surface area contributed by atoms with Gasteiger partial charge in [0.05, 0.1) is 6.04 Å². The molecule has 0 saturated heterocycles. The number of hydrogen-bond acceptors (Lipinski definition) is 5. The van der Waals surface area contributed by atoms with E-state index in [2.05, 4.69) is 39.5 Å². The van der Waals surface area contributed by atoms with Gasteiger partial charge in [0, 0.05) is 30.8 Å². The molecule has 0 aliphatic carbocycles. The van der Waals surface area contributed by atoms with Gasteiger partial charge in [0.25, 0.3) is 0 Å². The van der Waals surface area contributed by atoms with Crippen LogP contribution in [0.4, 0.5) is 0 Å². The maximum absolute atomic E-state index is 12.1. The van der Waals surface area contributed by atoms with Crippen LogP contribution in [-0.4, -0.2) is 21.0 Å². The van der Waals surface area contributed by atoms with Crippen LogP contribution in [0.1, 0.15) is 43.3 Å². The number of carbonyl (C=O) groups is 1. The fourth-order valence-corrected chi connectivity index (χ4v) is 2.63. The largest absolute Gasteiger partial charge is 0.350 e. The number of nitrogens with zero attached hydrogens (tertiary/aromatic N) is 3. The summed E-state index contributed by atoms with van der Waals surface area (Å²) in [4.78, 5) is 20.5. The number of pyridine rings is 1. The minimum Gasteiger partial charge on any atom is -0.350 e. The number of hydrogen-bond donors (Lipinski definition) is 1. The monoisotopic (exact) mass is 350 g/mol. The van der Waals surface area contributed by atoms with Crippen molar-refractivity contribution in [2.24, 2.45) is 0 Å². The van der Waals surface area contributed by atoms with Crippen LogP contribution in [0.5, 0.6) is 0 Å². The van der Waals surface area contributed by atoms with E-state index in [-0.39, 0.29) is 11.9 Å². The van der Waals surface area contributed by atoms with E-state index in [0.717, 1.165) is 17.5 Å². The van der Waals surface area contributed by atoms with Gasteiger partial charge in [-0.15, -0.1) is 0 Å². The molecule has 1 amide bonds. The molecule has 0 aliphatic rings. The van der Waals surface area contributed by atoms with Gasteiger partial charge in [0.15, 0.2) is 0 Å². The lowest BCUT2D eigenvalue weighted by Gasteiger charge is -2.13. The third-order valence-electron chi connectivity index (χ3n) is 4.24. The average Bonchev–Trinajstić information content (AvgIpc) is 3.16. The molecule has 1 N–H and O–H groups in total. The van der Waals surface area contributed by atoms with Gasteiger partial charge in [-0.05, 0) is 36.6 Å². The SMILES string of the molecule is CCc1ccc(-c2noc(CCC(=O)N[C@H](C)c3ccncc3)n2)cc1. The van der Waals surface area contributed by atoms with Crippen molar-refractivity contribution in [1.82, 2.24) is 20.4 Å². The van der Waals surface area contributed by atoms with Crippen molar-refractivity contribution in [3.8, 4) is 11.4 Å². The number of aryl methyl sites for hydroxylation is 2. The molecule has 0 aliphatic heterocycles. The number of rotatable bonds is 7. The molecule has 0 bridgehead atoms. The Hall–Kier alpha value is -3.02. The molecular weight excluding hydrogens is 328 g/mol. The normalized spacial score (nSPS) is 11.9. The molecule has 0 spiro atoms. The predicted molar refractivity (Wildman–Crippen MR) is 98.2 cm³/mol. The Morgan fingerprint density at radius 1 is 1.15 bits per heavy atom. The Morgan fingerprint density at radius 2 is 1.88 bits per heavy atom. The van der Waals surface area contributed by atoms with Gasteiger partial charge in [0.1, 0.15) is 0 Å². The molecule has 6 nitrogen and oxygen atoms in total. The Labute approximate surface area is 152 Å². The van der Waals surface area contributed by atoms with Crippen molar-refractivity contribution < 1.29 is 9.32 Å². The van der Waals surface area contributed by atoms with Crippen LogP contribution in [0, 0.1) is 0 Å². The maximum atomic E-state index is 12.1. The molecule has 26 heavy (non-hydrogen) atoms. The molecule has 3 rings (SSSR count). The highest BCUT2D eigenvalue weighted by atomic mass is 16.5. The van der Waals surface area contributed by atoms with Crippen molar-refractivity contribution in [2.75, 3.05) is 0 Å². The van der Waals surface area contributed by atoms with Crippen LogP contribution in [0.25, 0.3) is 11.4 Å². The zero-order valence-electron chi connectivity index (χ0n) is 15.0. The van der Waals surface area contributed by atoms with Crippen LogP contribution in [-0.2, 0) is 17.6 Å². The summed E-state index contributed by atoms with van der Waals surface area (Å²) in [6.07, 6.45) is 5.13. The standard InChI is InChI=1S/C20H22N4O2/c1-3-15-4-6-17(7-5-15)20-23-19(26-24-20)9-8-18(25)22-14(2)16-10-12-21-13-11-16/h4-7,10-14H,3,8-9H2,1-2H3,(H,22,25)/t14-/m1/s1. The Kier molecular flexibility index (Phi) is 5.73. The van der Waals surface area contributed by atoms with Gasteiger partial charge in [-0.2, -0.15) is 4.98 Å². The van der Waals surface area contributed by atoms with E-state index in [4.69, 9.17) is 4.52 Å².